The van der Waals surface area contributed by atoms with E-state index < -0.39 is 5.60 Å². The van der Waals surface area contributed by atoms with Crippen LogP contribution in [-0.4, -0.2) is 19.8 Å². The lowest BCUT2D eigenvalue weighted by Gasteiger charge is -2.17. The number of aromatic nitrogens is 2. The first-order valence-corrected chi connectivity index (χ1v) is 4.80. The van der Waals surface area contributed by atoms with E-state index in [-0.39, 0.29) is 17.8 Å². The van der Waals surface area contributed by atoms with Gasteiger partial charge in [-0.2, -0.15) is 0 Å². The van der Waals surface area contributed by atoms with Crippen LogP contribution in [0.3, 0.4) is 0 Å². The number of hydrogen-bond donors (Lipinski definition) is 1. The molecule has 5 heteroatoms. The molecule has 1 N–H and O–H groups in total. The van der Waals surface area contributed by atoms with Crippen molar-refractivity contribution in [3.05, 3.63) is 33.1 Å². The molecule has 0 aliphatic carbocycles. The van der Waals surface area contributed by atoms with E-state index >= 15 is 0 Å². The van der Waals surface area contributed by atoms with Crippen LogP contribution in [0.25, 0.3) is 0 Å². The monoisotopic (exact) mass is 212 g/mol. The minimum Gasteiger partial charge on any atom is -0.390 e. The molecule has 0 aliphatic heterocycles. The highest BCUT2D eigenvalue weighted by Crippen LogP contribution is 2.06. The van der Waals surface area contributed by atoms with Crippen molar-refractivity contribution in [2.45, 2.75) is 32.4 Å². The molecule has 0 bridgehead atoms. The topological polar surface area (TPSA) is 64.2 Å². The van der Waals surface area contributed by atoms with Gasteiger partial charge in [0.05, 0.1) is 5.60 Å². The first-order chi connectivity index (χ1) is 6.81. The van der Waals surface area contributed by atoms with Crippen LogP contribution < -0.4 is 11.2 Å². The zero-order chi connectivity index (χ0) is 11.6. The van der Waals surface area contributed by atoms with Crippen molar-refractivity contribution in [2.24, 2.45) is 7.05 Å². The van der Waals surface area contributed by atoms with Gasteiger partial charge in [-0.1, -0.05) is 0 Å². The quantitative estimate of drug-likeness (QED) is 0.748. The van der Waals surface area contributed by atoms with E-state index in [4.69, 9.17) is 0 Å². The highest BCUT2D eigenvalue weighted by atomic mass is 16.3. The van der Waals surface area contributed by atoms with E-state index in [0.29, 0.717) is 6.42 Å². The van der Waals surface area contributed by atoms with Crippen molar-refractivity contribution in [3.63, 3.8) is 0 Å². The molecular weight excluding hydrogens is 196 g/mol. The maximum atomic E-state index is 11.6. The minimum absolute atomic E-state index is 0.232. The summed E-state index contributed by atoms with van der Waals surface area (Å²) >= 11 is 0. The summed E-state index contributed by atoms with van der Waals surface area (Å²) in [6.45, 7) is 3.52. The number of hydrogen-bond acceptors (Lipinski definition) is 3. The van der Waals surface area contributed by atoms with Gasteiger partial charge >= 0.3 is 5.69 Å². The first-order valence-electron chi connectivity index (χ1n) is 4.80. The molecule has 1 aromatic rings. The van der Waals surface area contributed by atoms with Crippen molar-refractivity contribution in [1.29, 1.82) is 0 Å². The molecule has 84 valence electrons. The normalized spacial score (nSPS) is 11.7. The summed E-state index contributed by atoms with van der Waals surface area (Å²) in [5, 5.41) is 9.51. The fourth-order valence-electron chi connectivity index (χ4n) is 1.21. The summed E-state index contributed by atoms with van der Waals surface area (Å²) < 4.78 is 2.46. The fraction of sp³-hybridized carbons (Fsp3) is 0.600. The lowest BCUT2D eigenvalue weighted by molar-refractivity contribution is 0.0654. The molecule has 0 aromatic carbocycles. The second kappa shape index (κ2) is 4.02. The van der Waals surface area contributed by atoms with Gasteiger partial charge in [0.15, 0.2) is 0 Å². The molecule has 0 spiro atoms. The third-order valence-electron chi connectivity index (χ3n) is 2.19. The van der Waals surface area contributed by atoms with Crippen LogP contribution in [0.5, 0.6) is 0 Å². The van der Waals surface area contributed by atoms with Gasteiger partial charge in [-0.25, -0.2) is 4.79 Å². The Morgan fingerprint density at radius 1 is 1.40 bits per heavy atom. The Bertz CT molecular complexity index is 451. The molecule has 1 aromatic heterocycles. The van der Waals surface area contributed by atoms with E-state index in [2.05, 4.69) is 0 Å². The van der Waals surface area contributed by atoms with Crippen LogP contribution >= 0.6 is 0 Å². The molecule has 0 radical (unpaired) electrons. The molecular formula is C10H16N2O3. The zero-order valence-electron chi connectivity index (χ0n) is 9.23. The molecule has 0 aliphatic rings. The van der Waals surface area contributed by atoms with E-state index in [9.17, 15) is 14.7 Å². The molecule has 0 fully saturated rings. The van der Waals surface area contributed by atoms with E-state index in [0.717, 1.165) is 4.57 Å². The summed E-state index contributed by atoms with van der Waals surface area (Å²) in [5.41, 5.74) is -1.56. The van der Waals surface area contributed by atoms with Crippen LogP contribution in [-0.2, 0) is 13.6 Å². The van der Waals surface area contributed by atoms with Crippen molar-refractivity contribution in [2.75, 3.05) is 0 Å². The Kier molecular flexibility index (Phi) is 3.14. The SMILES string of the molecule is Cn1ccc(=O)n(CCC(C)(C)O)c1=O. The van der Waals surface area contributed by atoms with Gasteiger partial charge in [0.2, 0.25) is 0 Å². The zero-order valence-corrected chi connectivity index (χ0v) is 9.23. The van der Waals surface area contributed by atoms with Crippen LogP contribution in [0, 0.1) is 0 Å². The van der Waals surface area contributed by atoms with Crippen LogP contribution in [0.1, 0.15) is 20.3 Å². The average molecular weight is 212 g/mol. The summed E-state index contributed by atoms with van der Waals surface area (Å²) in [7, 11) is 1.59. The average Bonchev–Trinajstić information content (AvgIpc) is 2.10. The lowest BCUT2D eigenvalue weighted by atomic mass is 10.1. The summed E-state index contributed by atoms with van der Waals surface area (Å²) in [5.74, 6) is 0. The summed E-state index contributed by atoms with van der Waals surface area (Å²) in [4.78, 5) is 22.9. The Hall–Kier alpha value is -1.36. The predicted octanol–water partition coefficient (Wildman–Crippen LogP) is -0.292. The third-order valence-corrected chi connectivity index (χ3v) is 2.19. The molecule has 0 unspecified atom stereocenters. The van der Waals surface area contributed by atoms with Gasteiger partial charge in [0.1, 0.15) is 0 Å². The largest absolute Gasteiger partial charge is 0.390 e. The van der Waals surface area contributed by atoms with E-state index in [1.165, 1.54) is 16.8 Å². The Balaban J connectivity index is 3.01. The maximum absolute atomic E-state index is 11.6. The number of aliphatic hydroxyl groups is 1. The minimum atomic E-state index is -0.875. The molecule has 0 atom stereocenters. The fourth-order valence-corrected chi connectivity index (χ4v) is 1.21. The van der Waals surface area contributed by atoms with Crippen molar-refractivity contribution >= 4 is 0 Å². The highest BCUT2D eigenvalue weighted by Gasteiger charge is 2.13. The molecule has 0 saturated carbocycles. The number of rotatable bonds is 3. The molecule has 1 heterocycles. The molecule has 0 amide bonds. The first kappa shape index (κ1) is 11.7. The smallest absolute Gasteiger partial charge is 0.330 e. The molecule has 5 nitrogen and oxygen atoms in total. The second-order valence-corrected chi connectivity index (χ2v) is 4.26. The van der Waals surface area contributed by atoms with Gasteiger partial charge in [-0.15, -0.1) is 0 Å². The predicted molar refractivity (Wildman–Crippen MR) is 56.9 cm³/mol. The van der Waals surface area contributed by atoms with Gasteiger partial charge in [0.25, 0.3) is 5.56 Å². The van der Waals surface area contributed by atoms with Crippen molar-refractivity contribution < 1.29 is 5.11 Å². The van der Waals surface area contributed by atoms with Gasteiger partial charge in [-0.3, -0.25) is 9.36 Å². The van der Waals surface area contributed by atoms with E-state index in [1.54, 1.807) is 20.9 Å². The second-order valence-electron chi connectivity index (χ2n) is 4.26. The number of nitrogens with zero attached hydrogens (tertiary/aromatic N) is 2. The lowest BCUT2D eigenvalue weighted by Crippen LogP contribution is -2.39. The van der Waals surface area contributed by atoms with Gasteiger partial charge in [-0.05, 0) is 20.3 Å². The van der Waals surface area contributed by atoms with Crippen LogP contribution in [0.4, 0.5) is 0 Å². The molecule has 15 heavy (non-hydrogen) atoms. The third kappa shape index (κ3) is 3.06. The summed E-state index contributed by atoms with van der Waals surface area (Å²) in [6.07, 6.45) is 1.80. The standard InChI is InChI=1S/C10H16N2O3/c1-10(2,15)5-7-12-8(13)4-6-11(3)9(12)14/h4,6,15H,5,7H2,1-3H3. The molecule has 0 saturated heterocycles. The number of aryl methyl sites for hydroxylation is 1. The van der Waals surface area contributed by atoms with Crippen LogP contribution in [0.2, 0.25) is 0 Å². The van der Waals surface area contributed by atoms with Crippen LogP contribution in [0.15, 0.2) is 21.9 Å². The van der Waals surface area contributed by atoms with Crippen molar-refractivity contribution in [3.8, 4) is 0 Å². The summed E-state index contributed by atoms with van der Waals surface area (Å²) in [6, 6.07) is 1.34. The Morgan fingerprint density at radius 2 is 2.00 bits per heavy atom. The highest BCUT2D eigenvalue weighted by molar-refractivity contribution is 4.85. The molecule has 1 rings (SSSR count). The Morgan fingerprint density at radius 3 is 2.53 bits per heavy atom. The Labute approximate surface area is 87.6 Å². The van der Waals surface area contributed by atoms with E-state index in [1.807, 2.05) is 0 Å². The van der Waals surface area contributed by atoms with Crippen molar-refractivity contribution in [1.82, 2.24) is 9.13 Å². The van der Waals surface area contributed by atoms with Gasteiger partial charge < -0.3 is 9.67 Å². The maximum Gasteiger partial charge on any atom is 0.330 e. The van der Waals surface area contributed by atoms with Gasteiger partial charge in [0, 0.05) is 25.9 Å².